The van der Waals surface area contributed by atoms with E-state index < -0.39 is 0 Å². The van der Waals surface area contributed by atoms with E-state index in [-0.39, 0.29) is 6.10 Å². The molecule has 7 heteroatoms. The normalized spacial score (nSPS) is 16.9. The maximum atomic E-state index is 6.42. The first kappa shape index (κ1) is 26.3. The van der Waals surface area contributed by atoms with Gasteiger partial charge >= 0.3 is 0 Å². The largest absolute Gasteiger partial charge is 0.493 e. The molecule has 5 rings (SSSR count). The van der Waals surface area contributed by atoms with E-state index in [0.717, 1.165) is 79.8 Å². The summed E-state index contributed by atoms with van der Waals surface area (Å²) in [4.78, 5) is 11.5. The Hall–Kier alpha value is -3.29. The molecule has 1 saturated heterocycles. The van der Waals surface area contributed by atoms with Gasteiger partial charge in [-0.25, -0.2) is 0 Å². The molecule has 2 aromatic carbocycles. The highest BCUT2D eigenvalue weighted by Crippen LogP contribution is 2.38. The predicted octanol–water partition coefficient (Wildman–Crippen LogP) is 5.38. The summed E-state index contributed by atoms with van der Waals surface area (Å²) in [5.41, 5.74) is 3.23. The van der Waals surface area contributed by atoms with E-state index in [0.29, 0.717) is 13.2 Å². The van der Waals surface area contributed by atoms with Crippen molar-refractivity contribution in [2.75, 3.05) is 58.4 Å². The number of rotatable bonds is 11. The Morgan fingerprint density at radius 3 is 2.50 bits per heavy atom. The summed E-state index contributed by atoms with van der Waals surface area (Å²) in [6.45, 7) is 6.73. The number of methoxy groups -OCH3 is 1. The zero-order valence-electron chi connectivity index (χ0n) is 22.7. The number of hydrogen-bond donors (Lipinski definition) is 0. The van der Waals surface area contributed by atoms with Gasteiger partial charge in [0.25, 0.3) is 0 Å². The second kappa shape index (κ2) is 13.0. The molecule has 3 aromatic rings. The van der Waals surface area contributed by atoms with E-state index in [1.54, 1.807) is 7.11 Å². The monoisotopic (exact) mass is 516 g/mol. The van der Waals surface area contributed by atoms with E-state index in [4.69, 9.17) is 14.2 Å². The first-order chi connectivity index (χ1) is 18.7. The Labute approximate surface area is 226 Å². The van der Waals surface area contributed by atoms with E-state index in [1.807, 2.05) is 30.6 Å². The van der Waals surface area contributed by atoms with Crippen molar-refractivity contribution >= 4 is 11.4 Å². The Balaban J connectivity index is 1.36. The third-order valence-corrected chi connectivity index (χ3v) is 7.52. The summed E-state index contributed by atoms with van der Waals surface area (Å²) in [6.07, 6.45) is 8.62. The van der Waals surface area contributed by atoms with Gasteiger partial charge in [0.1, 0.15) is 12.4 Å². The molecule has 0 N–H and O–H groups in total. The smallest absolute Gasteiger partial charge is 0.163 e. The molecule has 0 atom stereocenters. The standard InChI is InChI=1S/C31H40N4O3/c1-33-15-17-34(18-16-33)19-20-37-29-11-5-8-26(21-29)35(24-25-7-6-14-32-23-25)27-12-13-30(36-2)31(22-27)38-28-9-3-4-10-28/h5-8,11-14,21-23,28H,3-4,9-10,15-20,24H2,1-2H3. The van der Waals surface area contributed by atoms with Crippen LogP contribution < -0.4 is 19.1 Å². The van der Waals surface area contributed by atoms with Crippen LogP contribution in [0.25, 0.3) is 0 Å². The molecule has 0 radical (unpaired) electrons. The number of piperazine rings is 1. The average molecular weight is 517 g/mol. The fourth-order valence-corrected chi connectivity index (χ4v) is 5.22. The Morgan fingerprint density at radius 2 is 1.74 bits per heavy atom. The average Bonchev–Trinajstić information content (AvgIpc) is 3.47. The molecule has 2 heterocycles. The minimum absolute atomic E-state index is 0.253. The number of aromatic nitrogens is 1. The summed E-state index contributed by atoms with van der Waals surface area (Å²) in [5.74, 6) is 2.44. The van der Waals surface area contributed by atoms with Crippen LogP contribution in [0.15, 0.2) is 67.0 Å². The molecule has 1 aliphatic heterocycles. The summed E-state index contributed by atoms with van der Waals surface area (Å²) >= 11 is 0. The van der Waals surface area contributed by atoms with Gasteiger partial charge in [-0.15, -0.1) is 0 Å². The number of ether oxygens (including phenoxy) is 3. The lowest BCUT2D eigenvalue weighted by atomic mass is 10.1. The highest BCUT2D eigenvalue weighted by molar-refractivity contribution is 5.67. The fraction of sp³-hybridized carbons (Fsp3) is 0.452. The quantitative estimate of drug-likeness (QED) is 0.339. The van der Waals surface area contributed by atoms with Crippen LogP contribution in [0.5, 0.6) is 17.2 Å². The number of likely N-dealkylation sites (N-methyl/N-ethyl adjacent to an activating group) is 1. The molecule has 0 spiro atoms. The number of anilines is 2. The molecule has 2 fully saturated rings. The molecular weight excluding hydrogens is 476 g/mol. The van der Waals surface area contributed by atoms with E-state index >= 15 is 0 Å². The Kier molecular flexibility index (Phi) is 8.99. The van der Waals surface area contributed by atoms with Crippen molar-refractivity contribution in [3.63, 3.8) is 0 Å². The van der Waals surface area contributed by atoms with Crippen molar-refractivity contribution < 1.29 is 14.2 Å². The lowest BCUT2D eigenvalue weighted by molar-refractivity contribution is 0.134. The van der Waals surface area contributed by atoms with Crippen molar-refractivity contribution in [2.24, 2.45) is 0 Å². The first-order valence-corrected chi connectivity index (χ1v) is 13.8. The van der Waals surface area contributed by atoms with E-state index in [9.17, 15) is 0 Å². The van der Waals surface area contributed by atoms with Crippen LogP contribution in [0.2, 0.25) is 0 Å². The van der Waals surface area contributed by atoms with Crippen LogP contribution in [-0.4, -0.2) is 74.4 Å². The summed E-state index contributed by atoms with van der Waals surface area (Å²) in [5, 5.41) is 0. The molecule has 38 heavy (non-hydrogen) atoms. The summed E-state index contributed by atoms with van der Waals surface area (Å²) in [6, 6.07) is 18.7. The van der Waals surface area contributed by atoms with Crippen LogP contribution in [0.4, 0.5) is 11.4 Å². The topological polar surface area (TPSA) is 50.3 Å². The van der Waals surface area contributed by atoms with E-state index in [2.05, 4.69) is 63.1 Å². The summed E-state index contributed by atoms with van der Waals surface area (Å²) < 4.78 is 18.3. The lowest BCUT2D eigenvalue weighted by Crippen LogP contribution is -2.45. The Morgan fingerprint density at radius 1 is 0.921 bits per heavy atom. The molecule has 0 amide bonds. The van der Waals surface area contributed by atoms with Crippen LogP contribution >= 0.6 is 0 Å². The second-order valence-electron chi connectivity index (χ2n) is 10.3. The van der Waals surface area contributed by atoms with Crippen molar-refractivity contribution in [3.05, 3.63) is 72.6 Å². The van der Waals surface area contributed by atoms with Gasteiger partial charge in [0.05, 0.1) is 13.2 Å². The van der Waals surface area contributed by atoms with Gasteiger partial charge in [0.2, 0.25) is 0 Å². The van der Waals surface area contributed by atoms with Crippen LogP contribution in [0.3, 0.4) is 0 Å². The van der Waals surface area contributed by atoms with E-state index in [1.165, 1.54) is 12.8 Å². The van der Waals surface area contributed by atoms with Gasteiger partial charge in [-0.1, -0.05) is 12.1 Å². The van der Waals surface area contributed by atoms with Gasteiger partial charge < -0.3 is 24.0 Å². The maximum absolute atomic E-state index is 6.42. The van der Waals surface area contributed by atoms with Gasteiger partial charge in [-0.2, -0.15) is 0 Å². The lowest BCUT2D eigenvalue weighted by Gasteiger charge is -2.32. The van der Waals surface area contributed by atoms with Crippen molar-refractivity contribution in [1.29, 1.82) is 0 Å². The third-order valence-electron chi connectivity index (χ3n) is 7.52. The van der Waals surface area contributed by atoms with Gasteiger partial charge in [-0.3, -0.25) is 9.88 Å². The number of nitrogens with zero attached hydrogens (tertiary/aromatic N) is 4. The molecule has 0 unspecified atom stereocenters. The van der Waals surface area contributed by atoms with Crippen LogP contribution in [0.1, 0.15) is 31.2 Å². The SMILES string of the molecule is COc1ccc(N(Cc2cccnc2)c2cccc(OCCN3CCN(C)CC3)c2)cc1OC1CCCC1. The molecular formula is C31H40N4O3. The van der Waals surface area contributed by atoms with Crippen molar-refractivity contribution in [1.82, 2.24) is 14.8 Å². The maximum Gasteiger partial charge on any atom is 0.163 e. The number of hydrogen-bond acceptors (Lipinski definition) is 7. The van der Waals surface area contributed by atoms with Crippen LogP contribution in [0, 0.1) is 0 Å². The molecule has 7 nitrogen and oxygen atoms in total. The summed E-state index contributed by atoms with van der Waals surface area (Å²) in [7, 11) is 3.89. The van der Waals surface area contributed by atoms with Crippen molar-refractivity contribution in [2.45, 2.75) is 38.3 Å². The third kappa shape index (κ3) is 6.97. The van der Waals surface area contributed by atoms with Gasteiger partial charge in [0.15, 0.2) is 11.5 Å². The zero-order chi connectivity index (χ0) is 26.2. The van der Waals surface area contributed by atoms with Crippen LogP contribution in [-0.2, 0) is 6.54 Å². The fourth-order valence-electron chi connectivity index (χ4n) is 5.22. The van der Waals surface area contributed by atoms with Gasteiger partial charge in [-0.05, 0) is 68.6 Å². The minimum Gasteiger partial charge on any atom is -0.493 e. The molecule has 202 valence electrons. The second-order valence-corrected chi connectivity index (χ2v) is 10.3. The van der Waals surface area contributed by atoms with Gasteiger partial charge in [0, 0.05) is 75.2 Å². The predicted molar refractivity (Wildman–Crippen MR) is 152 cm³/mol. The number of pyridine rings is 1. The molecule has 1 aromatic heterocycles. The van der Waals surface area contributed by atoms with Crippen molar-refractivity contribution in [3.8, 4) is 17.2 Å². The molecule has 1 saturated carbocycles. The molecule has 1 aliphatic carbocycles. The zero-order valence-corrected chi connectivity index (χ0v) is 22.7. The highest BCUT2D eigenvalue weighted by Gasteiger charge is 2.21. The molecule has 0 bridgehead atoms. The first-order valence-electron chi connectivity index (χ1n) is 13.8. The Bertz CT molecular complexity index is 1140. The minimum atomic E-state index is 0.253. The highest BCUT2D eigenvalue weighted by atomic mass is 16.5. The number of benzene rings is 2. The molecule has 2 aliphatic rings.